The predicted molar refractivity (Wildman–Crippen MR) is 114 cm³/mol. The number of nitrogens with one attached hydrogen (secondary N) is 1. The average molecular weight is 641 g/mol. The quantitative estimate of drug-likeness (QED) is 0.236. The number of hydrogen-bond donors (Lipinski definition) is 2. The van der Waals surface area contributed by atoms with E-state index in [1.807, 2.05) is 6.92 Å². The van der Waals surface area contributed by atoms with Gasteiger partial charge in [-0.05, 0) is 98.7 Å². The Hall–Kier alpha value is 0.350. The third kappa shape index (κ3) is 5.77. The van der Waals surface area contributed by atoms with Crippen molar-refractivity contribution in [3.63, 3.8) is 0 Å². The molecule has 2 N–H and O–H groups in total. The summed E-state index contributed by atoms with van der Waals surface area (Å²) in [6.45, 7) is 2.64. The van der Waals surface area contributed by atoms with Gasteiger partial charge >= 0.3 is 5.97 Å². The first-order chi connectivity index (χ1) is 10.4. The molecule has 0 heterocycles. The fraction of sp³-hybridized carbons (Fsp3) is 0.467. The van der Waals surface area contributed by atoms with E-state index in [2.05, 4.69) is 79.2 Å². The molecule has 122 valence electrons. The SMILES string of the molecule is CCC(Cc1c(I)cc(I)c(NCCCC=O)c1I)C(=O)O. The molecule has 0 radical (unpaired) electrons. The van der Waals surface area contributed by atoms with Crippen LogP contribution < -0.4 is 5.32 Å². The standard InChI is InChI=1S/C15H18I3NO3/c1-2-9(15(21)22)7-10-11(16)8-12(17)14(13(10)18)19-5-3-4-6-20/h6,8-9,19H,2-5,7H2,1H3,(H,21,22). The fourth-order valence-corrected chi connectivity index (χ4v) is 6.22. The number of anilines is 1. The maximum atomic E-state index is 11.3. The number of halogens is 3. The Kier molecular flexibility index (Phi) is 9.51. The van der Waals surface area contributed by atoms with E-state index >= 15 is 0 Å². The van der Waals surface area contributed by atoms with Gasteiger partial charge in [-0.25, -0.2) is 0 Å². The third-order valence-corrected chi connectivity index (χ3v) is 6.36. The van der Waals surface area contributed by atoms with E-state index in [0.29, 0.717) is 19.3 Å². The average Bonchev–Trinajstić information content (AvgIpc) is 2.45. The lowest BCUT2D eigenvalue weighted by Gasteiger charge is -2.18. The molecular weight excluding hydrogens is 623 g/mol. The molecule has 7 heteroatoms. The van der Waals surface area contributed by atoms with Gasteiger partial charge in [-0.3, -0.25) is 4.79 Å². The molecule has 4 nitrogen and oxygen atoms in total. The minimum absolute atomic E-state index is 0.356. The van der Waals surface area contributed by atoms with E-state index in [0.717, 1.165) is 41.2 Å². The molecule has 0 aliphatic carbocycles. The molecule has 0 spiro atoms. The van der Waals surface area contributed by atoms with Gasteiger partial charge in [0.05, 0.1) is 11.6 Å². The van der Waals surface area contributed by atoms with Crippen LogP contribution in [0.25, 0.3) is 0 Å². The molecule has 22 heavy (non-hydrogen) atoms. The highest BCUT2D eigenvalue weighted by Gasteiger charge is 2.21. The van der Waals surface area contributed by atoms with Crippen LogP contribution in [-0.4, -0.2) is 23.9 Å². The topological polar surface area (TPSA) is 66.4 Å². The van der Waals surface area contributed by atoms with E-state index in [9.17, 15) is 14.7 Å². The van der Waals surface area contributed by atoms with Gasteiger partial charge in [0.2, 0.25) is 0 Å². The summed E-state index contributed by atoms with van der Waals surface area (Å²) in [6.07, 6.45) is 3.44. The number of aliphatic carboxylic acids is 1. The Balaban J connectivity index is 3.02. The lowest BCUT2D eigenvalue weighted by Crippen LogP contribution is -2.17. The summed E-state index contributed by atoms with van der Waals surface area (Å²) in [5.41, 5.74) is 2.14. The molecule has 0 fully saturated rings. The molecule has 1 atom stereocenters. The van der Waals surface area contributed by atoms with E-state index < -0.39 is 5.97 Å². The highest BCUT2D eigenvalue weighted by molar-refractivity contribution is 14.1. The van der Waals surface area contributed by atoms with Crippen LogP contribution in [0, 0.1) is 16.6 Å². The second-order valence-corrected chi connectivity index (χ2v) is 8.29. The van der Waals surface area contributed by atoms with Gasteiger partial charge in [0.1, 0.15) is 6.29 Å². The first-order valence-electron chi connectivity index (χ1n) is 6.99. The van der Waals surface area contributed by atoms with Crippen molar-refractivity contribution >= 4 is 85.7 Å². The van der Waals surface area contributed by atoms with Crippen LogP contribution in [0.5, 0.6) is 0 Å². The van der Waals surface area contributed by atoms with Crippen LogP contribution in [0.3, 0.4) is 0 Å². The van der Waals surface area contributed by atoms with Crippen LogP contribution in [0.4, 0.5) is 5.69 Å². The number of carboxylic acid groups (broad SMARTS) is 1. The van der Waals surface area contributed by atoms with Crippen LogP contribution in [-0.2, 0) is 16.0 Å². The summed E-state index contributed by atoms with van der Waals surface area (Å²) in [5.74, 6) is -1.10. The van der Waals surface area contributed by atoms with Gasteiger partial charge in [-0.2, -0.15) is 0 Å². The minimum Gasteiger partial charge on any atom is -0.481 e. The predicted octanol–water partition coefficient (Wildman–Crippen LogP) is 4.54. The first kappa shape index (κ1) is 20.4. The second kappa shape index (κ2) is 10.3. The van der Waals surface area contributed by atoms with E-state index in [1.165, 1.54) is 0 Å². The van der Waals surface area contributed by atoms with E-state index in [1.54, 1.807) is 0 Å². The van der Waals surface area contributed by atoms with Gasteiger partial charge in [0.15, 0.2) is 0 Å². The van der Waals surface area contributed by atoms with Crippen LogP contribution in [0.1, 0.15) is 31.7 Å². The van der Waals surface area contributed by atoms with E-state index in [4.69, 9.17) is 0 Å². The van der Waals surface area contributed by atoms with Crippen molar-refractivity contribution in [2.75, 3.05) is 11.9 Å². The zero-order chi connectivity index (χ0) is 16.7. The summed E-state index contributed by atoms with van der Waals surface area (Å²) < 4.78 is 3.30. The number of hydrogen-bond acceptors (Lipinski definition) is 3. The highest BCUT2D eigenvalue weighted by Crippen LogP contribution is 2.33. The molecule has 1 unspecified atom stereocenters. The smallest absolute Gasteiger partial charge is 0.306 e. The Morgan fingerprint density at radius 1 is 1.36 bits per heavy atom. The van der Waals surface area contributed by atoms with Crippen LogP contribution in [0.15, 0.2) is 6.07 Å². The Labute approximate surface area is 171 Å². The molecule has 0 aromatic heterocycles. The number of unbranched alkanes of at least 4 members (excludes halogenated alkanes) is 1. The maximum Gasteiger partial charge on any atom is 0.306 e. The van der Waals surface area contributed by atoms with Gasteiger partial charge in [-0.15, -0.1) is 0 Å². The van der Waals surface area contributed by atoms with Crippen molar-refractivity contribution in [1.82, 2.24) is 0 Å². The monoisotopic (exact) mass is 641 g/mol. The number of carbonyl (C=O) groups excluding carboxylic acids is 1. The summed E-state index contributed by atoms with van der Waals surface area (Å²) in [6, 6.07) is 2.08. The number of aldehydes is 1. The zero-order valence-electron chi connectivity index (χ0n) is 12.2. The molecule has 0 saturated carbocycles. The van der Waals surface area contributed by atoms with Gasteiger partial charge in [0, 0.05) is 23.7 Å². The molecule has 0 aliphatic heterocycles. The fourth-order valence-electron chi connectivity index (χ4n) is 2.03. The first-order valence-corrected chi connectivity index (χ1v) is 10.2. The molecule has 1 aromatic rings. The number of carbonyl (C=O) groups is 2. The van der Waals surface area contributed by atoms with Crippen molar-refractivity contribution in [3.8, 4) is 0 Å². The van der Waals surface area contributed by atoms with Gasteiger partial charge in [-0.1, -0.05) is 6.92 Å². The number of rotatable bonds is 9. The largest absolute Gasteiger partial charge is 0.481 e. The van der Waals surface area contributed by atoms with Crippen molar-refractivity contribution in [2.45, 2.75) is 32.6 Å². The maximum absolute atomic E-state index is 11.3. The number of carboxylic acids is 1. The summed E-state index contributed by atoms with van der Waals surface area (Å²) in [4.78, 5) is 21.7. The molecule has 0 aliphatic rings. The van der Waals surface area contributed by atoms with Crippen LogP contribution in [0.2, 0.25) is 0 Å². The molecule has 0 saturated heterocycles. The Morgan fingerprint density at radius 3 is 2.59 bits per heavy atom. The molecule has 0 amide bonds. The molecular formula is C15H18I3NO3. The normalized spacial score (nSPS) is 12.0. The molecule has 1 aromatic carbocycles. The summed E-state index contributed by atoms with van der Waals surface area (Å²) in [7, 11) is 0. The summed E-state index contributed by atoms with van der Waals surface area (Å²) in [5, 5.41) is 12.7. The Morgan fingerprint density at radius 2 is 2.05 bits per heavy atom. The van der Waals surface area contributed by atoms with Gasteiger partial charge < -0.3 is 15.2 Å². The molecule has 0 bridgehead atoms. The molecule has 1 rings (SSSR count). The third-order valence-electron chi connectivity index (χ3n) is 3.36. The second-order valence-electron chi connectivity index (χ2n) is 4.89. The van der Waals surface area contributed by atoms with Crippen molar-refractivity contribution in [3.05, 3.63) is 22.3 Å². The highest BCUT2D eigenvalue weighted by atomic mass is 127. The lowest BCUT2D eigenvalue weighted by atomic mass is 9.97. The van der Waals surface area contributed by atoms with Crippen molar-refractivity contribution in [2.24, 2.45) is 5.92 Å². The van der Waals surface area contributed by atoms with E-state index in [-0.39, 0.29) is 5.92 Å². The summed E-state index contributed by atoms with van der Waals surface area (Å²) >= 11 is 6.86. The van der Waals surface area contributed by atoms with Crippen LogP contribution >= 0.6 is 67.8 Å². The zero-order valence-corrected chi connectivity index (χ0v) is 18.6. The minimum atomic E-state index is -0.742. The van der Waals surface area contributed by atoms with Crippen molar-refractivity contribution < 1.29 is 14.7 Å². The number of benzene rings is 1. The van der Waals surface area contributed by atoms with Crippen molar-refractivity contribution in [1.29, 1.82) is 0 Å². The van der Waals surface area contributed by atoms with Gasteiger partial charge in [0.25, 0.3) is 0 Å². The Bertz CT molecular complexity index is 549. The lowest BCUT2D eigenvalue weighted by molar-refractivity contribution is -0.141.